The topological polar surface area (TPSA) is 80.3 Å². The summed E-state index contributed by atoms with van der Waals surface area (Å²) in [4.78, 5) is 8.93. The lowest BCUT2D eigenvalue weighted by Crippen LogP contribution is -2.35. The molecule has 0 aliphatic heterocycles. The molecule has 1 fully saturated rings. The van der Waals surface area contributed by atoms with Crippen molar-refractivity contribution in [2.75, 3.05) is 0 Å². The second-order valence-electron chi connectivity index (χ2n) is 7.76. The van der Waals surface area contributed by atoms with Gasteiger partial charge in [-0.1, -0.05) is 30.3 Å². The van der Waals surface area contributed by atoms with E-state index in [1.165, 1.54) is 0 Å². The Morgan fingerprint density at radius 2 is 1.97 bits per heavy atom. The zero-order valence-corrected chi connectivity index (χ0v) is 16.1. The third-order valence-corrected chi connectivity index (χ3v) is 5.70. The van der Waals surface area contributed by atoms with E-state index in [1.54, 1.807) is 10.7 Å². The fourth-order valence-electron chi connectivity index (χ4n) is 4.26. The SMILES string of the molecule is O[C@@H]1CC(Cn2ccnc2-c2ccccc2)C[C@H]1NCc1cnc2ccnn2c1. The zero-order valence-electron chi connectivity index (χ0n) is 16.1. The van der Waals surface area contributed by atoms with Gasteiger partial charge in [0, 0.05) is 61.1 Å². The van der Waals surface area contributed by atoms with Crippen molar-refractivity contribution in [1.82, 2.24) is 29.5 Å². The smallest absolute Gasteiger partial charge is 0.154 e. The second kappa shape index (κ2) is 7.77. The average molecular weight is 388 g/mol. The van der Waals surface area contributed by atoms with E-state index in [0.717, 1.165) is 42.0 Å². The monoisotopic (exact) mass is 388 g/mol. The van der Waals surface area contributed by atoms with Crippen LogP contribution in [0.15, 0.2) is 67.4 Å². The van der Waals surface area contributed by atoms with E-state index in [9.17, 15) is 5.11 Å². The van der Waals surface area contributed by atoms with Crippen LogP contribution in [0.5, 0.6) is 0 Å². The molecule has 1 unspecified atom stereocenters. The van der Waals surface area contributed by atoms with Gasteiger partial charge in [-0.15, -0.1) is 0 Å². The van der Waals surface area contributed by atoms with Crippen LogP contribution in [-0.4, -0.2) is 41.4 Å². The van der Waals surface area contributed by atoms with Gasteiger partial charge in [0.1, 0.15) is 5.82 Å². The van der Waals surface area contributed by atoms with Crippen LogP contribution in [0.3, 0.4) is 0 Å². The maximum atomic E-state index is 10.6. The average Bonchev–Trinajstić information content (AvgIpc) is 3.47. The lowest BCUT2D eigenvalue weighted by atomic mass is 10.1. The number of hydrogen-bond donors (Lipinski definition) is 2. The number of rotatable bonds is 6. The first kappa shape index (κ1) is 18.0. The molecule has 2 N–H and O–H groups in total. The number of nitrogens with one attached hydrogen (secondary N) is 1. The third kappa shape index (κ3) is 3.79. The molecule has 148 valence electrons. The largest absolute Gasteiger partial charge is 0.391 e. The highest BCUT2D eigenvalue weighted by Gasteiger charge is 2.33. The zero-order chi connectivity index (χ0) is 19.6. The maximum Gasteiger partial charge on any atom is 0.154 e. The number of hydrogen-bond acceptors (Lipinski definition) is 5. The van der Waals surface area contributed by atoms with Crippen LogP contribution in [0, 0.1) is 5.92 Å². The van der Waals surface area contributed by atoms with Gasteiger partial charge in [-0.05, 0) is 18.8 Å². The summed E-state index contributed by atoms with van der Waals surface area (Å²) in [7, 11) is 0. The van der Waals surface area contributed by atoms with Crippen molar-refractivity contribution >= 4 is 5.65 Å². The van der Waals surface area contributed by atoms with E-state index in [-0.39, 0.29) is 12.1 Å². The lowest BCUT2D eigenvalue weighted by Gasteiger charge is -2.16. The van der Waals surface area contributed by atoms with Gasteiger partial charge in [-0.2, -0.15) is 5.10 Å². The Labute approximate surface area is 169 Å². The van der Waals surface area contributed by atoms with Gasteiger partial charge in [0.2, 0.25) is 0 Å². The Balaban J connectivity index is 1.22. The molecule has 1 aliphatic rings. The fraction of sp³-hybridized carbons (Fsp3) is 0.318. The van der Waals surface area contributed by atoms with Crippen LogP contribution in [-0.2, 0) is 13.1 Å². The molecule has 3 heterocycles. The van der Waals surface area contributed by atoms with Gasteiger partial charge in [0.25, 0.3) is 0 Å². The number of aromatic nitrogens is 5. The Kier molecular flexibility index (Phi) is 4.83. The van der Waals surface area contributed by atoms with Gasteiger partial charge in [-0.25, -0.2) is 14.5 Å². The molecule has 3 aromatic heterocycles. The highest BCUT2D eigenvalue weighted by molar-refractivity contribution is 5.55. The minimum absolute atomic E-state index is 0.0806. The number of aliphatic hydroxyl groups excluding tert-OH is 1. The minimum Gasteiger partial charge on any atom is -0.391 e. The third-order valence-electron chi connectivity index (χ3n) is 5.70. The summed E-state index contributed by atoms with van der Waals surface area (Å²) in [6, 6.07) is 12.2. The normalized spacial score (nSPS) is 21.8. The molecule has 5 rings (SSSR count). The second-order valence-corrected chi connectivity index (χ2v) is 7.76. The van der Waals surface area contributed by atoms with E-state index in [1.807, 2.05) is 49.1 Å². The molecule has 1 aromatic carbocycles. The van der Waals surface area contributed by atoms with Crippen LogP contribution >= 0.6 is 0 Å². The summed E-state index contributed by atoms with van der Waals surface area (Å²) < 4.78 is 3.97. The quantitative estimate of drug-likeness (QED) is 0.531. The molecule has 7 heteroatoms. The summed E-state index contributed by atoms with van der Waals surface area (Å²) in [6.45, 7) is 1.53. The van der Waals surface area contributed by atoms with Crippen molar-refractivity contribution in [2.24, 2.45) is 5.92 Å². The van der Waals surface area contributed by atoms with Gasteiger partial charge in [0.05, 0.1) is 12.3 Å². The van der Waals surface area contributed by atoms with E-state index >= 15 is 0 Å². The van der Waals surface area contributed by atoms with E-state index in [0.29, 0.717) is 12.5 Å². The van der Waals surface area contributed by atoms with E-state index in [4.69, 9.17) is 0 Å². The summed E-state index contributed by atoms with van der Waals surface area (Å²) in [5, 5.41) is 18.3. The number of imidazole rings is 1. The molecule has 0 radical (unpaired) electrons. The van der Waals surface area contributed by atoms with Crippen LogP contribution in [0.25, 0.3) is 17.0 Å². The molecule has 1 aliphatic carbocycles. The van der Waals surface area contributed by atoms with Crippen LogP contribution in [0.4, 0.5) is 0 Å². The maximum absolute atomic E-state index is 10.6. The highest BCUT2D eigenvalue weighted by Crippen LogP contribution is 2.29. The standard InChI is InChI=1S/C22H24N6O/c29-20-11-16(14-27-9-8-23-22(27)18-4-2-1-3-5-18)10-19(20)24-12-17-13-25-21-6-7-26-28(21)15-17/h1-9,13,15-16,19-20,24,29H,10-12,14H2/t16?,19-,20-/m1/s1. The van der Waals surface area contributed by atoms with Crippen molar-refractivity contribution in [2.45, 2.75) is 38.1 Å². The minimum atomic E-state index is -0.343. The molecule has 0 spiro atoms. The first-order valence-corrected chi connectivity index (χ1v) is 10.0. The van der Waals surface area contributed by atoms with Crippen molar-refractivity contribution in [1.29, 1.82) is 0 Å². The van der Waals surface area contributed by atoms with Crippen molar-refractivity contribution in [3.63, 3.8) is 0 Å². The summed E-state index contributed by atoms with van der Waals surface area (Å²) >= 11 is 0. The molecule has 4 aromatic rings. The molecule has 29 heavy (non-hydrogen) atoms. The van der Waals surface area contributed by atoms with Crippen molar-refractivity contribution < 1.29 is 5.11 Å². The first-order valence-electron chi connectivity index (χ1n) is 10.0. The summed E-state index contributed by atoms with van der Waals surface area (Å²) in [5.41, 5.74) is 3.01. The van der Waals surface area contributed by atoms with Crippen molar-refractivity contribution in [3.05, 3.63) is 72.9 Å². The predicted molar refractivity (Wildman–Crippen MR) is 110 cm³/mol. The van der Waals surface area contributed by atoms with Crippen LogP contribution in [0.1, 0.15) is 18.4 Å². The predicted octanol–water partition coefficient (Wildman–Crippen LogP) is 2.52. The van der Waals surface area contributed by atoms with Gasteiger partial charge in [0.15, 0.2) is 5.65 Å². The molecular formula is C22H24N6O. The molecule has 7 nitrogen and oxygen atoms in total. The molecule has 1 saturated carbocycles. The molecular weight excluding hydrogens is 364 g/mol. The number of fused-ring (bicyclic) bond motifs is 1. The van der Waals surface area contributed by atoms with Crippen LogP contribution < -0.4 is 5.32 Å². The number of aliphatic hydroxyl groups is 1. The van der Waals surface area contributed by atoms with Crippen molar-refractivity contribution in [3.8, 4) is 11.4 Å². The Morgan fingerprint density at radius 1 is 1.07 bits per heavy atom. The Morgan fingerprint density at radius 3 is 2.86 bits per heavy atom. The molecule has 0 amide bonds. The highest BCUT2D eigenvalue weighted by atomic mass is 16.3. The van der Waals surface area contributed by atoms with Gasteiger partial charge in [-0.3, -0.25) is 0 Å². The first-order chi connectivity index (χ1) is 14.3. The summed E-state index contributed by atoms with van der Waals surface area (Å²) in [5.74, 6) is 1.39. The van der Waals surface area contributed by atoms with E-state index < -0.39 is 0 Å². The molecule has 0 bridgehead atoms. The van der Waals surface area contributed by atoms with Gasteiger partial charge >= 0.3 is 0 Å². The summed E-state index contributed by atoms with van der Waals surface area (Å²) in [6.07, 6.45) is 10.8. The Bertz CT molecular complexity index is 1090. The van der Waals surface area contributed by atoms with E-state index in [2.05, 4.69) is 37.1 Å². The van der Waals surface area contributed by atoms with Gasteiger partial charge < -0.3 is 15.0 Å². The number of nitrogens with zero attached hydrogens (tertiary/aromatic N) is 5. The fourth-order valence-corrected chi connectivity index (χ4v) is 4.26. The number of benzene rings is 1. The lowest BCUT2D eigenvalue weighted by molar-refractivity contribution is 0.145. The van der Waals surface area contributed by atoms with Crippen LogP contribution in [0.2, 0.25) is 0 Å². The molecule has 0 saturated heterocycles. The Hall–Kier alpha value is -3.03. The molecule has 3 atom stereocenters.